The zero-order valence-corrected chi connectivity index (χ0v) is 9.88. The van der Waals surface area contributed by atoms with Crippen molar-refractivity contribution in [2.45, 2.75) is 11.8 Å². The van der Waals surface area contributed by atoms with E-state index in [2.05, 4.69) is 29.9 Å². The van der Waals surface area contributed by atoms with Crippen LogP contribution in [0.5, 0.6) is 0 Å². The Balaban J connectivity index is 2.45. The molecule has 1 aromatic carbocycles. The molecular formula is C13H15NS. The highest BCUT2D eigenvalue weighted by Gasteiger charge is 2.18. The van der Waals surface area contributed by atoms with E-state index in [1.54, 1.807) is 0 Å². The molecule has 0 amide bonds. The number of rotatable bonds is 2. The van der Waals surface area contributed by atoms with Crippen molar-refractivity contribution in [1.29, 1.82) is 5.41 Å². The number of allylic oxidation sites excluding steroid dienone is 3. The van der Waals surface area contributed by atoms with Crippen molar-refractivity contribution < 1.29 is 0 Å². The average Bonchev–Trinajstić information content (AvgIpc) is 2.58. The molecule has 15 heavy (non-hydrogen) atoms. The molecule has 1 aliphatic heterocycles. The maximum absolute atomic E-state index is 7.96. The van der Waals surface area contributed by atoms with Crippen LogP contribution in [0.2, 0.25) is 0 Å². The summed E-state index contributed by atoms with van der Waals surface area (Å²) in [5.74, 6) is 0. The van der Waals surface area contributed by atoms with Crippen LogP contribution in [0.15, 0.2) is 46.7 Å². The molecule has 2 rings (SSSR count). The Morgan fingerprint density at radius 1 is 1.33 bits per heavy atom. The van der Waals surface area contributed by atoms with Gasteiger partial charge >= 0.3 is 0 Å². The van der Waals surface area contributed by atoms with Gasteiger partial charge in [0.1, 0.15) is 0 Å². The summed E-state index contributed by atoms with van der Waals surface area (Å²) in [7, 11) is -0.200. The van der Waals surface area contributed by atoms with E-state index in [0.717, 1.165) is 5.57 Å². The lowest BCUT2D eigenvalue weighted by Gasteiger charge is -2.06. The van der Waals surface area contributed by atoms with Crippen molar-refractivity contribution in [2.75, 3.05) is 6.26 Å². The number of hydrogen-bond acceptors (Lipinski definition) is 1. The van der Waals surface area contributed by atoms with Crippen molar-refractivity contribution in [2.24, 2.45) is 0 Å². The monoisotopic (exact) mass is 217 g/mol. The fourth-order valence-electron chi connectivity index (χ4n) is 1.81. The maximum atomic E-state index is 7.96. The van der Waals surface area contributed by atoms with Crippen LogP contribution in [0.4, 0.5) is 0 Å². The Morgan fingerprint density at radius 2 is 2.07 bits per heavy atom. The Morgan fingerprint density at radius 3 is 2.80 bits per heavy atom. The van der Waals surface area contributed by atoms with Crippen LogP contribution in [-0.2, 0) is 0 Å². The van der Waals surface area contributed by atoms with E-state index in [0.29, 0.717) is 5.71 Å². The molecule has 0 spiro atoms. The van der Waals surface area contributed by atoms with Gasteiger partial charge in [0.2, 0.25) is 0 Å². The molecule has 1 heterocycles. The van der Waals surface area contributed by atoms with Gasteiger partial charge in [-0.15, -0.1) is 0 Å². The smallest absolute Gasteiger partial charge is 0.0620 e. The topological polar surface area (TPSA) is 23.9 Å². The summed E-state index contributed by atoms with van der Waals surface area (Å²) in [5.41, 5.74) is 2.96. The molecule has 0 aromatic heterocycles. The molecular weight excluding hydrogens is 202 g/mol. The van der Waals surface area contributed by atoms with Crippen molar-refractivity contribution in [3.05, 3.63) is 47.4 Å². The van der Waals surface area contributed by atoms with E-state index in [4.69, 9.17) is 5.41 Å². The number of benzene rings is 1. The van der Waals surface area contributed by atoms with Gasteiger partial charge in [-0.3, -0.25) is 0 Å². The van der Waals surface area contributed by atoms with E-state index >= 15 is 0 Å². The van der Waals surface area contributed by atoms with Crippen LogP contribution in [0.3, 0.4) is 0 Å². The lowest BCUT2D eigenvalue weighted by atomic mass is 10.0. The minimum absolute atomic E-state index is 0.200. The third-order valence-electron chi connectivity index (χ3n) is 2.52. The zero-order chi connectivity index (χ0) is 10.8. The Kier molecular flexibility index (Phi) is 2.78. The van der Waals surface area contributed by atoms with Crippen LogP contribution >= 0.6 is 10.9 Å². The van der Waals surface area contributed by atoms with Gasteiger partial charge in [-0.1, -0.05) is 24.3 Å². The molecule has 0 aliphatic carbocycles. The van der Waals surface area contributed by atoms with Gasteiger partial charge in [0, 0.05) is 5.57 Å². The number of nitrogens with one attached hydrogen (secondary N) is 1. The molecule has 0 bridgehead atoms. The summed E-state index contributed by atoms with van der Waals surface area (Å²) in [6.07, 6.45) is 6.02. The molecule has 1 nitrogen and oxygen atoms in total. The fourth-order valence-corrected chi connectivity index (χ4v) is 3.51. The third kappa shape index (κ3) is 1.77. The quantitative estimate of drug-likeness (QED) is 0.558. The highest BCUT2D eigenvalue weighted by Crippen LogP contribution is 2.47. The molecule has 1 aliphatic rings. The number of fused-ring (bicyclic) bond motifs is 1. The second kappa shape index (κ2) is 4.07. The summed E-state index contributed by atoms with van der Waals surface area (Å²) < 4.78 is 0. The van der Waals surface area contributed by atoms with Crippen molar-refractivity contribution >= 4 is 22.2 Å². The average molecular weight is 217 g/mol. The summed E-state index contributed by atoms with van der Waals surface area (Å²) in [6, 6.07) is 8.41. The normalized spacial score (nSPS) is 21.5. The Bertz CT molecular complexity index is 457. The van der Waals surface area contributed by atoms with Crippen LogP contribution < -0.4 is 0 Å². The fraction of sp³-hybridized carbons (Fsp3) is 0.154. The molecule has 0 radical (unpaired) electrons. The summed E-state index contributed by atoms with van der Waals surface area (Å²) in [6.45, 7) is 1.95. The molecule has 1 aromatic rings. The summed E-state index contributed by atoms with van der Waals surface area (Å²) >= 11 is 0. The molecule has 1 unspecified atom stereocenters. The van der Waals surface area contributed by atoms with Gasteiger partial charge < -0.3 is 5.41 Å². The highest BCUT2D eigenvalue weighted by atomic mass is 32.2. The first-order chi connectivity index (χ1) is 7.24. The van der Waals surface area contributed by atoms with E-state index in [9.17, 15) is 0 Å². The minimum Gasteiger partial charge on any atom is -0.300 e. The molecule has 0 saturated carbocycles. The van der Waals surface area contributed by atoms with Gasteiger partial charge in [0.25, 0.3) is 0 Å². The van der Waals surface area contributed by atoms with E-state index < -0.39 is 0 Å². The SMILES string of the molecule is C/C=C\C(=N)C1=C[SH](C)c2ccccc21. The van der Waals surface area contributed by atoms with Crippen LogP contribution in [0.25, 0.3) is 5.57 Å². The standard InChI is InChI=1S/C13H15NS/c1-3-6-12(14)11-9-15(2)13-8-5-4-7-10(11)13/h3-9,14-15H,1-2H3/b6-3-,14-12?. The second-order valence-electron chi connectivity index (χ2n) is 3.58. The number of hydrogen-bond donors (Lipinski definition) is 2. The van der Waals surface area contributed by atoms with Crippen LogP contribution in [-0.4, -0.2) is 12.0 Å². The predicted molar refractivity (Wildman–Crippen MR) is 70.1 cm³/mol. The third-order valence-corrected chi connectivity index (χ3v) is 4.32. The summed E-state index contributed by atoms with van der Waals surface area (Å²) in [4.78, 5) is 1.40. The molecule has 78 valence electrons. The molecule has 1 N–H and O–H groups in total. The van der Waals surface area contributed by atoms with Crippen LogP contribution in [0.1, 0.15) is 12.5 Å². The predicted octanol–water partition coefficient (Wildman–Crippen LogP) is 3.63. The molecule has 0 saturated heterocycles. The minimum atomic E-state index is -0.200. The van der Waals surface area contributed by atoms with Gasteiger partial charge in [-0.05, 0) is 41.2 Å². The lowest BCUT2D eigenvalue weighted by Crippen LogP contribution is -1.94. The zero-order valence-electron chi connectivity index (χ0n) is 8.99. The van der Waals surface area contributed by atoms with E-state index in [1.807, 2.05) is 25.1 Å². The number of thiol groups is 1. The summed E-state index contributed by atoms with van der Waals surface area (Å²) in [5, 5.41) is 10.2. The van der Waals surface area contributed by atoms with Gasteiger partial charge in [0.15, 0.2) is 0 Å². The Hall–Kier alpha value is -1.28. The van der Waals surface area contributed by atoms with Crippen LogP contribution in [0, 0.1) is 5.41 Å². The molecule has 2 heteroatoms. The Labute approximate surface area is 93.4 Å². The van der Waals surface area contributed by atoms with Gasteiger partial charge in [-0.25, -0.2) is 10.9 Å². The van der Waals surface area contributed by atoms with Gasteiger partial charge in [0.05, 0.1) is 5.71 Å². The first kappa shape index (κ1) is 10.2. The molecule has 0 fully saturated rings. The maximum Gasteiger partial charge on any atom is 0.0620 e. The lowest BCUT2D eigenvalue weighted by molar-refractivity contribution is 1.42. The van der Waals surface area contributed by atoms with Gasteiger partial charge in [-0.2, -0.15) is 0 Å². The van der Waals surface area contributed by atoms with Crippen molar-refractivity contribution in [3.8, 4) is 0 Å². The second-order valence-corrected chi connectivity index (χ2v) is 5.55. The largest absolute Gasteiger partial charge is 0.300 e. The highest BCUT2D eigenvalue weighted by molar-refractivity contribution is 8.19. The molecule has 1 atom stereocenters. The first-order valence-corrected chi connectivity index (χ1v) is 6.85. The van der Waals surface area contributed by atoms with Crippen molar-refractivity contribution in [1.82, 2.24) is 0 Å². The first-order valence-electron chi connectivity index (χ1n) is 4.99. The van der Waals surface area contributed by atoms with E-state index in [-0.39, 0.29) is 10.9 Å². The van der Waals surface area contributed by atoms with Crippen molar-refractivity contribution in [3.63, 3.8) is 0 Å². The van der Waals surface area contributed by atoms with E-state index in [1.165, 1.54) is 10.5 Å².